The van der Waals surface area contributed by atoms with Gasteiger partial charge in [0, 0.05) is 45.3 Å². The molecule has 0 aliphatic carbocycles. The molecule has 1 aromatic rings. The van der Waals surface area contributed by atoms with E-state index in [0.29, 0.717) is 6.61 Å². The summed E-state index contributed by atoms with van der Waals surface area (Å²) in [4.78, 5) is 5.15. The van der Waals surface area contributed by atoms with Gasteiger partial charge in [-0.3, -0.25) is 9.80 Å². The highest BCUT2D eigenvalue weighted by molar-refractivity contribution is 5.39. The molecule has 122 valence electrons. The zero-order chi connectivity index (χ0) is 15.2. The molecular weight excluding hydrogens is 278 g/mol. The van der Waals surface area contributed by atoms with E-state index in [-0.39, 0.29) is 0 Å². The van der Waals surface area contributed by atoms with Crippen LogP contribution < -0.4 is 14.8 Å². The second kappa shape index (κ2) is 7.81. The van der Waals surface area contributed by atoms with Crippen LogP contribution in [0.1, 0.15) is 6.42 Å². The van der Waals surface area contributed by atoms with Crippen molar-refractivity contribution in [1.29, 1.82) is 0 Å². The van der Waals surface area contributed by atoms with Gasteiger partial charge in [0.15, 0.2) is 11.5 Å². The molecule has 1 atom stereocenters. The predicted octanol–water partition coefficient (Wildman–Crippen LogP) is 1.05. The number of ether oxygens (including phenoxy) is 2. The molecule has 5 heteroatoms. The number of hydrogen-bond acceptors (Lipinski definition) is 5. The van der Waals surface area contributed by atoms with Gasteiger partial charge in [0.2, 0.25) is 0 Å². The number of piperazine rings is 1. The van der Waals surface area contributed by atoms with Crippen molar-refractivity contribution in [3.8, 4) is 11.5 Å². The molecule has 0 bridgehead atoms. The van der Waals surface area contributed by atoms with Crippen LogP contribution >= 0.6 is 0 Å². The standard InChI is InChI=1S/C17H27N3O2/c1-21-16-4-2-3-5-17(16)22-13-12-19-9-6-15(14-19)20-10-7-18-8-11-20/h2-5,15,18H,6-14H2,1H3. The summed E-state index contributed by atoms with van der Waals surface area (Å²) in [5, 5.41) is 3.43. The summed E-state index contributed by atoms with van der Waals surface area (Å²) >= 11 is 0. The van der Waals surface area contributed by atoms with Crippen LogP contribution in [0.5, 0.6) is 11.5 Å². The lowest BCUT2D eigenvalue weighted by atomic mass is 10.2. The second-order valence-electron chi connectivity index (χ2n) is 6.03. The fourth-order valence-electron chi connectivity index (χ4n) is 3.38. The summed E-state index contributed by atoms with van der Waals surface area (Å²) < 4.78 is 11.2. The normalized spacial score (nSPS) is 23.6. The average molecular weight is 305 g/mol. The third-order valence-corrected chi connectivity index (χ3v) is 4.65. The van der Waals surface area contributed by atoms with Gasteiger partial charge in [-0.05, 0) is 25.1 Å². The van der Waals surface area contributed by atoms with E-state index in [1.165, 1.54) is 32.6 Å². The van der Waals surface area contributed by atoms with E-state index in [2.05, 4.69) is 15.1 Å². The third kappa shape index (κ3) is 3.91. The largest absolute Gasteiger partial charge is 0.493 e. The number of benzene rings is 1. The van der Waals surface area contributed by atoms with Crippen LogP contribution in [0.15, 0.2) is 24.3 Å². The summed E-state index contributed by atoms with van der Waals surface area (Å²) in [5.41, 5.74) is 0. The third-order valence-electron chi connectivity index (χ3n) is 4.65. The number of likely N-dealkylation sites (tertiary alicyclic amines) is 1. The minimum absolute atomic E-state index is 0.717. The molecule has 22 heavy (non-hydrogen) atoms. The summed E-state index contributed by atoms with van der Waals surface area (Å²) in [7, 11) is 1.68. The Hall–Kier alpha value is -1.30. The highest BCUT2D eigenvalue weighted by atomic mass is 16.5. The fraction of sp³-hybridized carbons (Fsp3) is 0.647. The van der Waals surface area contributed by atoms with Crippen LogP contribution in [0, 0.1) is 0 Å². The molecule has 2 heterocycles. The van der Waals surface area contributed by atoms with E-state index in [1.807, 2.05) is 24.3 Å². The summed E-state index contributed by atoms with van der Waals surface area (Å²) in [6, 6.07) is 8.57. The van der Waals surface area contributed by atoms with Crippen molar-refractivity contribution in [2.24, 2.45) is 0 Å². The number of nitrogens with zero attached hydrogens (tertiary/aromatic N) is 2. The molecule has 2 aliphatic heterocycles. The van der Waals surface area contributed by atoms with Crippen LogP contribution in [0.2, 0.25) is 0 Å². The van der Waals surface area contributed by atoms with Crippen molar-refractivity contribution in [3.05, 3.63) is 24.3 Å². The van der Waals surface area contributed by atoms with Crippen LogP contribution in [-0.2, 0) is 0 Å². The lowest BCUT2D eigenvalue weighted by Gasteiger charge is -2.32. The molecular formula is C17H27N3O2. The minimum atomic E-state index is 0.717. The van der Waals surface area contributed by atoms with Crippen molar-refractivity contribution >= 4 is 0 Å². The maximum Gasteiger partial charge on any atom is 0.161 e. The molecule has 0 amide bonds. The lowest BCUT2D eigenvalue weighted by molar-refractivity contribution is 0.165. The van der Waals surface area contributed by atoms with Gasteiger partial charge in [0.1, 0.15) is 6.61 Å². The van der Waals surface area contributed by atoms with Gasteiger partial charge in [-0.1, -0.05) is 12.1 Å². The Balaban J connectivity index is 1.41. The Morgan fingerprint density at radius 1 is 1.14 bits per heavy atom. The van der Waals surface area contributed by atoms with Gasteiger partial charge in [0.25, 0.3) is 0 Å². The van der Waals surface area contributed by atoms with E-state index in [4.69, 9.17) is 9.47 Å². The predicted molar refractivity (Wildman–Crippen MR) is 87.8 cm³/mol. The smallest absolute Gasteiger partial charge is 0.161 e. The maximum atomic E-state index is 5.88. The first-order chi connectivity index (χ1) is 10.9. The first-order valence-corrected chi connectivity index (χ1v) is 8.30. The molecule has 3 rings (SSSR count). The molecule has 1 N–H and O–H groups in total. The minimum Gasteiger partial charge on any atom is -0.493 e. The average Bonchev–Trinajstić information content (AvgIpc) is 3.05. The van der Waals surface area contributed by atoms with Crippen LogP contribution in [0.3, 0.4) is 0 Å². The van der Waals surface area contributed by atoms with E-state index in [9.17, 15) is 0 Å². The Labute approximate surface area is 133 Å². The van der Waals surface area contributed by atoms with E-state index >= 15 is 0 Å². The SMILES string of the molecule is COc1ccccc1OCCN1CCC(N2CCNCC2)C1. The van der Waals surface area contributed by atoms with Crippen molar-refractivity contribution in [2.75, 3.05) is 59.5 Å². The maximum absolute atomic E-state index is 5.88. The van der Waals surface area contributed by atoms with Crippen LogP contribution in [-0.4, -0.2) is 75.4 Å². The monoisotopic (exact) mass is 305 g/mol. The lowest BCUT2D eigenvalue weighted by Crippen LogP contribution is -2.49. The van der Waals surface area contributed by atoms with Gasteiger partial charge in [0.05, 0.1) is 7.11 Å². The van der Waals surface area contributed by atoms with Crippen LogP contribution in [0.25, 0.3) is 0 Å². The van der Waals surface area contributed by atoms with E-state index < -0.39 is 0 Å². The van der Waals surface area contributed by atoms with Crippen LogP contribution in [0.4, 0.5) is 0 Å². The molecule has 2 aliphatic rings. The number of nitrogens with one attached hydrogen (secondary N) is 1. The van der Waals surface area contributed by atoms with Gasteiger partial charge in [-0.25, -0.2) is 0 Å². The van der Waals surface area contributed by atoms with Crippen molar-refractivity contribution in [1.82, 2.24) is 15.1 Å². The molecule has 1 aromatic carbocycles. The van der Waals surface area contributed by atoms with Gasteiger partial charge in [-0.15, -0.1) is 0 Å². The van der Waals surface area contributed by atoms with Crippen molar-refractivity contribution in [3.63, 3.8) is 0 Å². The summed E-state index contributed by atoms with van der Waals surface area (Å²) in [6.45, 7) is 8.71. The summed E-state index contributed by atoms with van der Waals surface area (Å²) in [6.07, 6.45) is 1.29. The quantitative estimate of drug-likeness (QED) is 0.850. The Morgan fingerprint density at radius 3 is 2.68 bits per heavy atom. The molecule has 0 spiro atoms. The number of hydrogen-bond donors (Lipinski definition) is 1. The van der Waals surface area contributed by atoms with Gasteiger partial charge in [-0.2, -0.15) is 0 Å². The molecule has 0 aromatic heterocycles. The molecule has 5 nitrogen and oxygen atoms in total. The molecule has 0 radical (unpaired) electrons. The van der Waals surface area contributed by atoms with E-state index in [0.717, 1.165) is 37.2 Å². The number of methoxy groups -OCH3 is 1. The Kier molecular flexibility index (Phi) is 5.53. The number of rotatable bonds is 6. The second-order valence-corrected chi connectivity index (χ2v) is 6.03. The molecule has 1 unspecified atom stereocenters. The Bertz CT molecular complexity index is 463. The zero-order valence-corrected chi connectivity index (χ0v) is 13.5. The van der Waals surface area contributed by atoms with Crippen molar-refractivity contribution < 1.29 is 9.47 Å². The topological polar surface area (TPSA) is 37.0 Å². The molecule has 0 saturated carbocycles. The van der Waals surface area contributed by atoms with Gasteiger partial charge >= 0.3 is 0 Å². The van der Waals surface area contributed by atoms with E-state index in [1.54, 1.807) is 7.11 Å². The fourth-order valence-corrected chi connectivity index (χ4v) is 3.38. The number of para-hydroxylation sites is 2. The van der Waals surface area contributed by atoms with Gasteiger partial charge < -0.3 is 14.8 Å². The first-order valence-electron chi connectivity index (χ1n) is 8.30. The Morgan fingerprint density at radius 2 is 1.91 bits per heavy atom. The molecule has 2 fully saturated rings. The molecule has 2 saturated heterocycles. The highest BCUT2D eigenvalue weighted by Crippen LogP contribution is 2.25. The van der Waals surface area contributed by atoms with Crippen molar-refractivity contribution in [2.45, 2.75) is 12.5 Å². The highest BCUT2D eigenvalue weighted by Gasteiger charge is 2.28. The zero-order valence-electron chi connectivity index (χ0n) is 13.5. The first kappa shape index (κ1) is 15.6. The summed E-state index contributed by atoms with van der Waals surface area (Å²) in [5.74, 6) is 1.64.